The lowest BCUT2D eigenvalue weighted by Crippen LogP contribution is -2.60. The molecule has 0 spiro atoms. The first kappa shape index (κ1) is 25.1. The van der Waals surface area contributed by atoms with E-state index in [9.17, 15) is 48.7 Å². The highest BCUT2D eigenvalue weighted by molar-refractivity contribution is 7.87. The van der Waals surface area contributed by atoms with Gasteiger partial charge in [-0.05, 0) is 6.92 Å². The maximum atomic E-state index is 13.3. The van der Waals surface area contributed by atoms with E-state index >= 15 is 0 Å². The van der Waals surface area contributed by atoms with Crippen molar-refractivity contribution in [2.45, 2.75) is 36.5 Å². The highest BCUT2D eigenvalue weighted by Crippen LogP contribution is 2.42. The van der Waals surface area contributed by atoms with Crippen LogP contribution in [0.2, 0.25) is 0 Å². The molecule has 0 aliphatic carbocycles. The quantitative estimate of drug-likeness (QED) is 0.184. The Hall–Kier alpha value is -1.94. The zero-order valence-electron chi connectivity index (χ0n) is 13.1. The third-order valence-electron chi connectivity index (χ3n) is 2.75. The smallest absolute Gasteiger partial charge is 0.412 e. The molecule has 158 valence electrons. The molecule has 0 rings (SSSR count). The zero-order valence-corrected chi connectivity index (χ0v) is 14.0. The summed E-state index contributed by atoms with van der Waals surface area (Å²) in [5, 5.41) is -6.09. The summed E-state index contributed by atoms with van der Waals surface area (Å²) in [7, 11) is -6.65. The van der Waals surface area contributed by atoms with Crippen LogP contribution in [-0.4, -0.2) is 54.6 Å². The third-order valence-corrected chi connectivity index (χ3v) is 3.70. The van der Waals surface area contributed by atoms with Gasteiger partial charge in [-0.3, -0.25) is 9.35 Å². The van der Waals surface area contributed by atoms with Crippen LogP contribution in [0.1, 0.15) is 13.3 Å². The standard InChI is InChI=1S/C11H12F7NO7S/c1-5(2)6(20)26-9(7(19)21,10(14,15)16)25-4-3-8(12,13)11(17,18)27(22,23)24/h1,3-4H2,2H3,(H2,19,21)(H,22,23,24). The van der Waals surface area contributed by atoms with Gasteiger partial charge in [0.2, 0.25) is 0 Å². The van der Waals surface area contributed by atoms with Crippen molar-refractivity contribution >= 4 is 22.0 Å². The summed E-state index contributed by atoms with van der Waals surface area (Å²) in [6.07, 6.45) is -8.39. The zero-order chi connectivity index (χ0) is 22.1. The predicted molar refractivity (Wildman–Crippen MR) is 70.9 cm³/mol. The van der Waals surface area contributed by atoms with E-state index < -0.39 is 63.7 Å². The van der Waals surface area contributed by atoms with Crippen LogP contribution < -0.4 is 5.73 Å². The van der Waals surface area contributed by atoms with E-state index in [1.165, 1.54) is 0 Å². The minimum absolute atomic E-state index is 0.697. The van der Waals surface area contributed by atoms with Crippen LogP contribution >= 0.6 is 0 Å². The number of nitrogens with two attached hydrogens (primary N) is 1. The van der Waals surface area contributed by atoms with Crippen molar-refractivity contribution in [1.29, 1.82) is 0 Å². The lowest BCUT2D eigenvalue weighted by molar-refractivity contribution is -0.348. The Morgan fingerprint density at radius 3 is 1.85 bits per heavy atom. The van der Waals surface area contributed by atoms with Crippen LogP contribution in [0.3, 0.4) is 0 Å². The fraction of sp³-hybridized carbons (Fsp3) is 0.636. The first-order valence-corrected chi connectivity index (χ1v) is 7.79. The molecule has 3 N–H and O–H groups in total. The third kappa shape index (κ3) is 5.07. The normalized spacial score (nSPS) is 15.7. The highest BCUT2D eigenvalue weighted by atomic mass is 32.2. The molecule has 0 heterocycles. The van der Waals surface area contributed by atoms with E-state index in [4.69, 9.17) is 4.55 Å². The topological polar surface area (TPSA) is 133 Å². The number of halogens is 7. The Balaban J connectivity index is 5.71. The van der Waals surface area contributed by atoms with Crippen molar-refractivity contribution in [3.05, 3.63) is 12.2 Å². The highest BCUT2D eigenvalue weighted by Gasteiger charge is 2.68. The summed E-state index contributed by atoms with van der Waals surface area (Å²) in [6, 6.07) is 0. The van der Waals surface area contributed by atoms with Crippen LogP contribution in [-0.2, 0) is 29.2 Å². The van der Waals surface area contributed by atoms with E-state index in [0.29, 0.717) is 0 Å². The molecule has 0 aromatic heterocycles. The maximum Gasteiger partial charge on any atom is 0.466 e. The van der Waals surface area contributed by atoms with Crippen LogP contribution in [0.5, 0.6) is 0 Å². The molecule has 1 amide bonds. The molecule has 0 saturated carbocycles. The lowest BCUT2D eigenvalue weighted by Gasteiger charge is -2.32. The molecule has 1 unspecified atom stereocenters. The number of hydrogen-bond donors (Lipinski definition) is 2. The van der Waals surface area contributed by atoms with E-state index in [2.05, 4.69) is 21.8 Å². The van der Waals surface area contributed by atoms with Crippen LogP contribution in [0.4, 0.5) is 30.7 Å². The fourth-order valence-electron chi connectivity index (χ4n) is 1.31. The Bertz CT molecular complexity index is 719. The summed E-state index contributed by atoms with van der Waals surface area (Å²) >= 11 is 0. The molecule has 0 radical (unpaired) electrons. The van der Waals surface area contributed by atoms with Crippen LogP contribution in [0, 0.1) is 0 Å². The average Bonchev–Trinajstić information content (AvgIpc) is 2.42. The van der Waals surface area contributed by atoms with E-state index in [-0.39, 0.29) is 0 Å². The van der Waals surface area contributed by atoms with Crippen LogP contribution in [0.25, 0.3) is 0 Å². The Labute approximate surface area is 146 Å². The van der Waals surface area contributed by atoms with E-state index in [1.807, 2.05) is 0 Å². The van der Waals surface area contributed by atoms with Crippen molar-refractivity contribution < 1.29 is 62.8 Å². The van der Waals surface area contributed by atoms with E-state index in [0.717, 1.165) is 6.92 Å². The number of amides is 1. The van der Waals surface area contributed by atoms with Crippen molar-refractivity contribution in [3.63, 3.8) is 0 Å². The van der Waals surface area contributed by atoms with Crippen LogP contribution in [0.15, 0.2) is 12.2 Å². The minimum Gasteiger partial charge on any atom is -0.412 e. The summed E-state index contributed by atoms with van der Waals surface area (Å²) in [6.45, 7) is 1.64. The Morgan fingerprint density at radius 2 is 1.56 bits per heavy atom. The second kappa shape index (κ2) is 7.59. The summed E-state index contributed by atoms with van der Waals surface area (Å²) in [5.41, 5.74) is 3.75. The van der Waals surface area contributed by atoms with E-state index in [1.54, 1.807) is 0 Å². The molecule has 0 aromatic carbocycles. The molecule has 0 aliphatic rings. The average molecular weight is 435 g/mol. The molecule has 0 saturated heterocycles. The molecule has 0 bridgehead atoms. The van der Waals surface area contributed by atoms with Gasteiger partial charge < -0.3 is 15.2 Å². The first-order valence-electron chi connectivity index (χ1n) is 6.35. The molecule has 1 atom stereocenters. The number of esters is 1. The van der Waals surface area contributed by atoms with Crippen molar-refractivity contribution in [2.75, 3.05) is 6.61 Å². The largest absolute Gasteiger partial charge is 0.466 e. The number of alkyl halides is 7. The number of ether oxygens (including phenoxy) is 2. The van der Waals surface area contributed by atoms with Gasteiger partial charge in [0.25, 0.3) is 0 Å². The van der Waals surface area contributed by atoms with Crippen molar-refractivity contribution in [3.8, 4) is 0 Å². The Kier molecular flexibility index (Phi) is 7.04. The number of hydrogen-bond acceptors (Lipinski definition) is 6. The van der Waals surface area contributed by atoms with Crippen molar-refractivity contribution in [1.82, 2.24) is 0 Å². The predicted octanol–water partition coefficient (Wildman–Crippen LogP) is 1.37. The SMILES string of the molecule is C=C(C)C(=O)OC(OCCC(F)(F)C(F)(F)S(=O)(=O)O)(C(N)=O)C(F)(F)F. The summed E-state index contributed by atoms with van der Waals surface area (Å²) in [4.78, 5) is 22.4. The number of carbonyl (C=O) groups is 2. The second-order valence-electron chi connectivity index (χ2n) is 4.94. The van der Waals surface area contributed by atoms with Gasteiger partial charge in [0.1, 0.15) is 0 Å². The van der Waals surface area contributed by atoms with Gasteiger partial charge >= 0.3 is 45.1 Å². The summed E-state index contributed by atoms with van der Waals surface area (Å²) in [5.74, 6) is -14.7. The molecule has 27 heavy (non-hydrogen) atoms. The van der Waals surface area contributed by atoms with Gasteiger partial charge in [0.05, 0.1) is 6.61 Å². The molecule has 0 aromatic rings. The van der Waals surface area contributed by atoms with Gasteiger partial charge in [-0.25, -0.2) is 4.79 Å². The first-order chi connectivity index (χ1) is 11.7. The van der Waals surface area contributed by atoms with Gasteiger partial charge in [-0.15, -0.1) is 0 Å². The van der Waals surface area contributed by atoms with Gasteiger partial charge in [-0.1, -0.05) is 6.58 Å². The van der Waals surface area contributed by atoms with Gasteiger partial charge in [-0.2, -0.15) is 39.2 Å². The van der Waals surface area contributed by atoms with Crippen molar-refractivity contribution in [2.24, 2.45) is 5.73 Å². The molecule has 16 heteroatoms. The number of rotatable bonds is 9. The Morgan fingerprint density at radius 1 is 1.11 bits per heavy atom. The monoisotopic (exact) mass is 435 g/mol. The molecule has 0 aliphatic heterocycles. The summed E-state index contributed by atoms with van der Waals surface area (Å²) < 4.78 is 128. The van der Waals surface area contributed by atoms with Gasteiger partial charge in [0.15, 0.2) is 0 Å². The second-order valence-corrected chi connectivity index (χ2v) is 6.41. The molecular weight excluding hydrogens is 423 g/mol. The maximum absolute atomic E-state index is 13.3. The molecule has 8 nitrogen and oxygen atoms in total. The lowest BCUT2D eigenvalue weighted by atomic mass is 10.2. The number of carbonyl (C=O) groups excluding carboxylic acids is 2. The minimum atomic E-state index is -6.65. The number of primary amides is 1. The van der Waals surface area contributed by atoms with Gasteiger partial charge in [0, 0.05) is 12.0 Å². The fourth-order valence-corrected chi connectivity index (χ4v) is 1.78. The molecule has 0 fully saturated rings. The molecular formula is C11H12F7NO7S.